The first kappa shape index (κ1) is 22.7. The number of benzene rings is 2. The van der Waals surface area contributed by atoms with Crippen LogP contribution >= 0.6 is 22.9 Å². The van der Waals surface area contributed by atoms with Crippen molar-refractivity contribution in [2.75, 3.05) is 31.1 Å². The van der Waals surface area contributed by atoms with Gasteiger partial charge in [-0.2, -0.15) is 0 Å². The van der Waals surface area contributed by atoms with Gasteiger partial charge in [-0.1, -0.05) is 60.5 Å². The highest BCUT2D eigenvalue weighted by Crippen LogP contribution is 2.33. The van der Waals surface area contributed by atoms with Crippen LogP contribution in [-0.4, -0.2) is 42.0 Å². The fourth-order valence-corrected chi connectivity index (χ4v) is 5.13. The van der Waals surface area contributed by atoms with Gasteiger partial charge in [0, 0.05) is 18.1 Å². The quantitative estimate of drug-likeness (QED) is 0.442. The van der Waals surface area contributed by atoms with E-state index in [0.29, 0.717) is 18.0 Å². The Bertz CT molecular complexity index is 1040. The van der Waals surface area contributed by atoms with E-state index >= 15 is 0 Å². The topological polar surface area (TPSA) is 36.4 Å². The van der Waals surface area contributed by atoms with E-state index in [-0.39, 0.29) is 5.91 Å². The Morgan fingerprint density at radius 2 is 1.77 bits per heavy atom. The molecule has 6 heteroatoms. The molecule has 0 saturated carbocycles. The molecule has 1 aromatic heterocycles. The van der Waals surface area contributed by atoms with Crippen LogP contribution in [-0.2, 0) is 11.2 Å². The Balaban J connectivity index is 1.93. The molecule has 3 rings (SSSR count). The molecule has 0 aliphatic heterocycles. The Kier molecular flexibility index (Phi) is 7.50. The van der Waals surface area contributed by atoms with Crippen LogP contribution in [0.1, 0.15) is 36.1 Å². The number of rotatable bonds is 8. The van der Waals surface area contributed by atoms with Crippen molar-refractivity contribution in [3.8, 4) is 0 Å². The number of likely N-dealkylation sites (N-methyl/N-ethyl adjacent to an activating group) is 1. The third-order valence-electron chi connectivity index (χ3n) is 5.54. The lowest BCUT2D eigenvalue weighted by atomic mass is 10.0. The number of carbonyl (C=O) groups excluding carboxylic acids is 1. The minimum atomic E-state index is 0.0805. The molecule has 0 fully saturated rings. The van der Waals surface area contributed by atoms with Crippen molar-refractivity contribution in [3.05, 3.63) is 57.6 Å². The van der Waals surface area contributed by atoms with Gasteiger partial charge in [-0.15, -0.1) is 0 Å². The van der Waals surface area contributed by atoms with E-state index in [1.807, 2.05) is 24.0 Å². The average Bonchev–Trinajstić information content (AvgIpc) is 3.11. The van der Waals surface area contributed by atoms with Gasteiger partial charge in [0.15, 0.2) is 5.13 Å². The summed E-state index contributed by atoms with van der Waals surface area (Å²) in [7, 11) is 0. The van der Waals surface area contributed by atoms with Crippen molar-refractivity contribution in [1.29, 1.82) is 0 Å². The lowest BCUT2D eigenvalue weighted by Gasteiger charge is -2.25. The van der Waals surface area contributed by atoms with Gasteiger partial charge in [0.05, 0.1) is 16.6 Å². The minimum absolute atomic E-state index is 0.0805. The smallest absolute Gasteiger partial charge is 0.233 e. The molecule has 0 aliphatic rings. The van der Waals surface area contributed by atoms with E-state index in [9.17, 15) is 4.79 Å². The first-order valence-corrected chi connectivity index (χ1v) is 11.7. The highest BCUT2D eigenvalue weighted by Gasteiger charge is 2.22. The molecule has 0 atom stereocenters. The number of hydrogen-bond acceptors (Lipinski definition) is 4. The maximum Gasteiger partial charge on any atom is 0.233 e. The monoisotopic (exact) mass is 443 g/mol. The summed E-state index contributed by atoms with van der Waals surface area (Å²) in [5.41, 5.74) is 5.38. The molecular formula is C24H30ClN3OS. The normalized spacial score (nSPS) is 11.4. The number of hydrogen-bond donors (Lipinski definition) is 0. The summed E-state index contributed by atoms with van der Waals surface area (Å²) in [6.45, 7) is 13.8. The van der Waals surface area contributed by atoms with E-state index in [1.54, 1.807) is 0 Å². The summed E-state index contributed by atoms with van der Waals surface area (Å²) < 4.78 is 1.02. The fourth-order valence-electron chi connectivity index (χ4n) is 3.67. The SMILES string of the molecule is CCN(CC)CCN(C(=O)Cc1ccc(C)cc1C)c1nc2c(C)cc(Cl)cc2s1. The van der Waals surface area contributed by atoms with Gasteiger partial charge < -0.3 is 4.90 Å². The molecule has 4 nitrogen and oxygen atoms in total. The van der Waals surface area contributed by atoms with Crippen LogP contribution in [0.4, 0.5) is 5.13 Å². The predicted molar refractivity (Wildman–Crippen MR) is 129 cm³/mol. The van der Waals surface area contributed by atoms with Crippen LogP contribution < -0.4 is 4.90 Å². The molecule has 0 unspecified atom stereocenters. The van der Waals surface area contributed by atoms with Crippen molar-refractivity contribution in [1.82, 2.24) is 9.88 Å². The number of halogens is 1. The van der Waals surface area contributed by atoms with Gasteiger partial charge in [0.25, 0.3) is 0 Å². The number of aryl methyl sites for hydroxylation is 3. The number of carbonyl (C=O) groups is 1. The number of fused-ring (bicyclic) bond motifs is 1. The zero-order valence-electron chi connectivity index (χ0n) is 18.5. The molecule has 160 valence electrons. The molecule has 1 amide bonds. The molecule has 0 bridgehead atoms. The Labute approximate surface area is 188 Å². The van der Waals surface area contributed by atoms with Crippen LogP contribution in [0.15, 0.2) is 30.3 Å². The number of aromatic nitrogens is 1. The van der Waals surface area contributed by atoms with Crippen molar-refractivity contribution >= 4 is 44.2 Å². The zero-order chi connectivity index (χ0) is 21.8. The molecule has 0 radical (unpaired) electrons. The van der Waals surface area contributed by atoms with Gasteiger partial charge in [-0.05, 0) is 62.7 Å². The zero-order valence-corrected chi connectivity index (χ0v) is 20.0. The maximum absolute atomic E-state index is 13.4. The summed E-state index contributed by atoms with van der Waals surface area (Å²) in [4.78, 5) is 22.4. The van der Waals surface area contributed by atoms with Crippen LogP contribution in [0.5, 0.6) is 0 Å². The standard InChI is InChI=1S/C24H30ClN3OS/c1-6-27(7-2)10-11-28(22(29)14-19-9-8-16(3)12-17(19)4)24-26-23-18(5)13-20(25)15-21(23)30-24/h8-9,12-13,15H,6-7,10-11,14H2,1-5H3. The molecule has 0 N–H and O–H groups in total. The third-order valence-corrected chi connectivity index (χ3v) is 6.79. The second-order valence-corrected chi connectivity index (χ2v) is 9.19. The van der Waals surface area contributed by atoms with Gasteiger partial charge in [-0.3, -0.25) is 9.69 Å². The largest absolute Gasteiger partial charge is 0.302 e. The summed E-state index contributed by atoms with van der Waals surface area (Å²) in [6, 6.07) is 10.1. The average molecular weight is 444 g/mol. The van der Waals surface area contributed by atoms with E-state index in [4.69, 9.17) is 16.6 Å². The van der Waals surface area contributed by atoms with Crippen LogP contribution in [0.2, 0.25) is 5.02 Å². The molecule has 0 saturated heterocycles. The first-order chi connectivity index (χ1) is 14.3. The molecular weight excluding hydrogens is 414 g/mol. The van der Waals surface area contributed by atoms with Crippen LogP contribution in [0.3, 0.4) is 0 Å². The molecule has 3 aromatic rings. The van der Waals surface area contributed by atoms with Gasteiger partial charge in [0.2, 0.25) is 5.91 Å². The van der Waals surface area contributed by atoms with Gasteiger partial charge >= 0.3 is 0 Å². The molecule has 0 aliphatic carbocycles. The summed E-state index contributed by atoms with van der Waals surface area (Å²) in [5, 5.41) is 1.45. The molecule has 1 heterocycles. The van der Waals surface area contributed by atoms with Crippen molar-refractivity contribution < 1.29 is 4.79 Å². The van der Waals surface area contributed by atoms with Gasteiger partial charge in [0.1, 0.15) is 0 Å². The Morgan fingerprint density at radius 3 is 2.43 bits per heavy atom. The van der Waals surface area contributed by atoms with Crippen molar-refractivity contribution in [2.24, 2.45) is 0 Å². The number of nitrogens with zero attached hydrogens (tertiary/aromatic N) is 3. The van der Waals surface area contributed by atoms with Crippen LogP contribution in [0, 0.1) is 20.8 Å². The first-order valence-electron chi connectivity index (χ1n) is 10.5. The van der Waals surface area contributed by atoms with E-state index < -0.39 is 0 Å². The second-order valence-electron chi connectivity index (χ2n) is 7.74. The molecule has 30 heavy (non-hydrogen) atoms. The molecule has 2 aromatic carbocycles. The predicted octanol–water partition coefficient (Wildman–Crippen LogP) is 5.79. The highest BCUT2D eigenvalue weighted by atomic mass is 35.5. The minimum Gasteiger partial charge on any atom is -0.302 e. The summed E-state index contributed by atoms with van der Waals surface area (Å²) in [5.74, 6) is 0.0805. The Hall–Kier alpha value is -1.95. The lowest BCUT2D eigenvalue weighted by molar-refractivity contribution is -0.118. The van der Waals surface area contributed by atoms with Crippen LogP contribution in [0.25, 0.3) is 10.2 Å². The molecule has 0 spiro atoms. The Morgan fingerprint density at radius 1 is 1.03 bits per heavy atom. The number of anilines is 1. The fraction of sp³-hybridized carbons (Fsp3) is 0.417. The lowest BCUT2D eigenvalue weighted by Crippen LogP contribution is -2.39. The third kappa shape index (κ3) is 5.20. The van der Waals surface area contributed by atoms with Gasteiger partial charge in [-0.25, -0.2) is 4.98 Å². The summed E-state index contributed by atoms with van der Waals surface area (Å²) in [6.07, 6.45) is 0.375. The van der Waals surface area contributed by atoms with E-state index in [1.165, 1.54) is 16.9 Å². The van der Waals surface area contributed by atoms with E-state index in [0.717, 1.165) is 51.7 Å². The second kappa shape index (κ2) is 9.90. The summed E-state index contributed by atoms with van der Waals surface area (Å²) >= 11 is 7.78. The number of amides is 1. The highest BCUT2D eigenvalue weighted by molar-refractivity contribution is 7.22. The van der Waals surface area contributed by atoms with E-state index in [2.05, 4.69) is 50.8 Å². The number of thiazole rings is 1. The van der Waals surface area contributed by atoms with Crippen molar-refractivity contribution in [3.63, 3.8) is 0 Å². The van der Waals surface area contributed by atoms with Crippen molar-refractivity contribution in [2.45, 2.75) is 41.0 Å². The maximum atomic E-state index is 13.4.